The highest BCUT2D eigenvalue weighted by Gasteiger charge is 2.22. The molecule has 0 bridgehead atoms. The summed E-state index contributed by atoms with van der Waals surface area (Å²) < 4.78 is 30.6. The first-order chi connectivity index (χ1) is 15.2. The molecule has 1 N–H and O–H groups in total. The third-order valence-corrected chi connectivity index (χ3v) is 7.41. The first-order valence-electron chi connectivity index (χ1n) is 10.6. The van der Waals surface area contributed by atoms with Gasteiger partial charge in [-0.15, -0.1) is 0 Å². The number of nitrogens with zero attached hydrogens (tertiary/aromatic N) is 4. The second-order valence-electron chi connectivity index (χ2n) is 8.34. The van der Waals surface area contributed by atoms with Crippen molar-refractivity contribution in [1.82, 2.24) is 24.5 Å². The van der Waals surface area contributed by atoms with Gasteiger partial charge in [-0.2, -0.15) is 5.10 Å². The number of aryl methyl sites for hydroxylation is 4. The van der Waals surface area contributed by atoms with Crippen molar-refractivity contribution in [2.45, 2.75) is 51.5 Å². The van der Waals surface area contributed by atoms with Crippen molar-refractivity contribution < 1.29 is 8.42 Å². The Morgan fingerprint density at radius 3 is 2.38 bits per heavy atom. The molecule has 0 amide bonds. The van der Waals surface area contributed by atoms with Gasteiger partial charge in [0.2, 0.25) is 10.0 Å². The summed E-state index contributed by atoms with van der Waals surface area (Å²) in [6, 6.07) is 9.79. The fraction of sp³-hybridized carbons (Fsp3) is 0.292. The van der Waals surface area contributed by atoms with E-state index in [-0.39, 0.29) is 6.04 Å². The third-order valence-electron chi connectivity index (χ3n) is 5.52. The maximum Gasteiger partial charge on any atom is 0.241 e. The minimum Gasteiger partial charge on any atom is -0.243 e. The van der Waals surface area contributed by atoms with Gasteiger partial charge in [-0.3, -0.25) is 0 Å². The van der Waals surface area contributed by atoms with Gasteiger partial charge in [0.05, 0.1) is 29.0 Å². The number of hydrogen-bond acceptors (Lipinski definition) is 5. The maximum absolute atomic E-state index is 13.0. The molecule has 0 saturated heterocycles. The fourth-order valence-corrected chi connectivity index (χ4v) is 5.93. The first-order valence-corrected chi connectivity index (χ1v) is 12.0. The van der Waals surface area contributed by atoms with Crippen LogP contribution in [0.15, 0.2) is 60.1 Å². The van der Waals surface area contributed by atoms with Crippen molar-refractivity contribution in [3.05, 3.63) is 77.5 Å². The molecule has 2 aromatic carbocycles. The highest BCUT2D eigenvalue weighted by Crippen LogP contribution is 2.23. The van der Waals surface area contributed by atoms with E-state index < -0.39 is 10.0 Å². The molecule has 0 spiro atoms. The van der Waals surface area contributed by atoms with Crippen LogP contribution in [0.2, 0.25) is 0 Å². The van der Waals surface area contributed by atoms with Crippen LogP contribution in [0, 0.1) is 20.8 Å². The topological polar surface area (TPSA) is 89.8 Å². The Kier molecular flexibility index (Phi) is 6.08. The van der Waals surface area contributed by atoms with Crippen LogP contribution < -0.4 is 4.72 Å². The summed E-state index contributed by atoms with van der Waals surface area (Å²) in [5.41, 5.74) is 5.52. The highest BCUT2D eigenvalue weighted by molar-refractivity contribution is 7.89. The number of sulfonamides is 1. The Morgan fingerprint density at radius 1 is 1.00 bits per heavy atom. The lowest BCUT2D eigenvalue weighted by Crippen LogP contribution is -2.33. The Bertz CT molecular complexity index is 1340. The van der Waals surface area contributed by atoms with E-state index in [0.717, 1.165) is 45.3 Å². The van der Waals surface area contributed by atoms with Crippen LogP contribution in [0.4, 0.5) is 0 Å². The molecule has 2 heterocycles. The molecule has 32 heavy (non-hydrogen) atoms. The van der Waals surface area contributed by atoms with Crippen LogP contribution in [-0.2, 0) is 16.4 Å². The van der Waals surface area contributed by atoms with Gasteiger partial charge in [-0.25, -0.2) is 27.8 Å². The zero-order chi connectivity index (χ0) is 22.9. The Morgan fingerprint density at radius 2 is 1.69 bits per heavy atom. The van der Waals surface area contributed by atoms with E-state index in [1.165, 1.54) is 6.33 Å². The van der Waals surface area contributed by atoms with E-state index in [1.54, 1.807) is 12.4 Å². The van der Waals surface area contributed by atoms with Crippen LogP contribution in [0.1, 0.15) is 35.6 Å². The quantitative estimate of drug-likeness (QED) is 0.460. The molecule has 1 atom stereocenters. The fourth-order valence-electron chi connectivity index (χ4n) is 4.20. The lowest BCUT2D eigenvalue weighted by molar-refractivity contribution is 0.546. The molecule has 7 nitrogen and oxygen atoms in total. The van der Waals surface area contributed by atoms with Crippen molar-refractivity contribution in [2.75, 3.05) is 0 Å². The molecular weight excluding hydrogens is 422 g/mol. The number of nitrogens with one attached hydrogen (secondary N) is 1. The smallest absolute Gasteiger partial charge is 0.241 e. The first kappa shape index (κ1) is 22.1. The number of aromatic nitrogens is 4. The van der Waals surface area contributed by atoms with Gasteiger partial charge >= 0.3 is 0 Å². The van der Waals surface area contributed by atoms with Crippen molar-refractivity contribution in [2.24, 2.45) is 0 Å². The molecule has 8 heteroatoms. The van der Waals surface area contributed by atoms with Crippen molar-refractivity contribution in [1.29, 1.82) is 0 Å². The summed E-state index contributed by atoms with van der Waals surface area (Å²) in [7, 11) is -3.58. The molecule has 2 aromatic heterocycles. The number of hydrogen-bond donors (Lipinski definition) is 1. The largest absolute Gasteiger partial charge is 0.243 e. The molecule has 0 fully saturated rings. The van der Waals surface area contributed by atoms with Gasteiger partial charge in [0.25, 0.3) is 0 Å². The minimum atomic E-state index is -3.58. The number of benzene rings is 2. The normalized spacial score (nSPS) is 12.9. The van der Waals surface area contributed by atoms with Gasteiger partial charge in [0.1, 0.15) is 12.0 Å². The second-order valence-corrected chi connectivity index (χ2v) is 9.99. The zero-order valence-corrected chi connectivity index (χ0v) is 19.5. The van der Waals surface area contributed by atoms with Gasteiger partial charge in [-0.05, 0) is 69.4 Å². The van der Waals surface area contributed by atoms with E-state index in [1.807, 2.05) is 56.8 Å². The predicted octanol–water partition coefficient (Wildman–Crippen LogP) is 4.04. The van der Waals surface area contributed by atoms with E-state index in [4.69, 9.17) is 0 Å². The Balaban J connectivity index is 1.46. The molecule has 0 aliphatic heterocycles. The van der Waals surface area contributed by atoms with Gasteiger partial charge < -0.3 is 0 Å². The maximum atomic E-state index is 13.0. The predicted molar refractivity (Wildman–Crippen MR) is 125 cm³/mol. The van der Waals surface area contributed by atoms with E-state index in [9.17, 15) is 8.42 Å². The average molecular weight is 450 g/mol. The summed E-state index contributed by atoms with van der Waals surface area (Å²) >= 11 is 0. The van der Waals surface area contributed by atoms with Crippen molar-refractivity contribution in [3.8, 4) is 5.69 Å². The summed E-state index contributed by atoms with van der Waals surface area (Å²) in [6.45, 7) is 7.56. The monoisotopic (exact) mass is 449 g/mol. The van der Waals surface area contributed by atoms with Crippen LogP contribution in [0.5, 0.6) is 0 Å². The van der Waals surface area contributed by atoms with Gasteiger partial charge in [-0.1, -0.05) is 23.8 Å². The summed E-state index contributed by atoms with van der Waals surface area (Å²) in [4.78, 5) is 8.49. The van der Waals surface area contributed by atoms with Crippen molar-refractivity contribution >= 4 is 20.9 Å². The average Bonchev–Trinajstić information content (AvgIpc) is 3.15. The number of fused-ring (bicyclic) bond motifs is 1. The third kappa shape index (κ3) is 4.56. The lowest BCUT2D eigenvalue weighted by atomic mass is 10.1. The van der Waals surface area contributed by atoms with Gasteiger partial charge in [0, 0.05) is 11.4 Å². The molecule has 4 rings (SSSR count). The Labute approximate surface area is 188 Å². The highest BCUT2D eigenvalue weighted by atomic mass is 32.2. The second kappa shape index (κ2) is 8.80. The minimum absolute atomic E-state index is 0.194. The standard InChI is InChI=1S/C24H27N5O2S/c1-16-9-17(2)24(18(3)10-16)32(30,31)28-19(4)5-6-20-7-8-23-21(11-20)12-27-29(23)22-13-25-15-26-14-22/h7-15,19,28H,5-6H2,1-4H3. The van der Waals surface area contributed by atoms with E-state index in [2.05, 4.69) is 31.9 Å². The summed E-state index contributed by atoms with van der Waals surface area (Å²) in [6.07, 6.45) is 8.20. The zero-order valence-electron chi connectivity index (χ0n) is 18.7. The van der Waals surface area contributed by atoms with Gasteiger partial charge in [0.15, 0.2) is 0 Å². The molecule has 4 aromatic rings. The van der Waals surface area contributed by atoms with Crippen LogP contribution in [0.3, 0.4) is 0 Å². The van der Waals surface area contributed by atoms with Crippen molar-refractivity contribution in [3.63, 3.8) is 0 Å². The van der Waals surface area contributed by atoms with Crippen LogP contribution in [-0.4, -0.2) is 34.2 Å². The SMILES string of the molecule is Cc1cc(C)c(S(=O)(=O)NC(C)CCc2ccc3c(cnn3-c3cncnc3)c2)c(C)c1. The molecule has 0 aliphatic rings. The molecule has 0 aliphatic carbocycles. The Hall–Kier alpha value is -3.10. The van der Waals surface area contributed by atoms with Crippen LogP contribution in [0.25, 0.3) is 16.6 Å². The molecular formula is C24H27N5O2S. The molecule has 1 unspecified atom stereocenters. The summed E-state index contributed by atoms with van der Waals surface area (Å²) in [5.74, 6) is 0. The van der Waals surface area contributed by atoms with E-state index >= 15 is 0 Å². The van der Waals surface area contributed by atoms with Crippen LogP contribution >= 0.6 is 0 Å². The molecule has 0 saturated carbocycles. The molecule has 0 radical (unpaired) electrons. The molecule has 166 valence electrons. The van der Waals surface area contributed by atoms with E-state index in [0.29, 0.717) is 11.3 Å². The number of rotatable bonds is 7. The summed E-state index contributed by atoms with van der Waals surface area (Å²) in [5, 5.41) is 5.47. The lowest BCUT2D eigenvalue weighted by Gasteiger charge is -2.17.